The summed E-state index contributed by atoms with van der Waals surface area (Å²) < 4.78 is 1.05. The normalized spacial score (nSPS) is 12.6. The van der Waals surface area contributed by atoms with Crippen LogP contribution in [0, 0.1) is 0 Å². The molecule has 1 aromatic carbocycles. The first kappa shape index (κ1) is 13.5. The first-order valence-corrected chi connectivity index (χ1v) is 6.18. The van der Waals surface area contributed by atoms with Gasteiger partial charge in [0.05, 0.1) is 6.61 Å². The highest BCUT2D eigenvalue weighted by Gasteiger charge is 2.12. The van der Waals surface area contributed by atoms with Gasteiger partial charge in [-0.1, -0.05) is 22.0 Å². The predicted octanol–water partition coefficient (Wildman–Crippen LogP) is 2.16. The number of aliphatic hydroxyl groups is 1. The molecule has 4 heteroatoms. The standard InChI is InChI=1S/C12H19BrN2O/c1-9(14-2)11-5-4-10(13)8-12(11)15(3)6-7-16/h4-5,8-9,14,16H,6-7H2,1-3H3. The fraction of sp³-hybridized carbons (Fsp3) is 0.500. The molecule has 0 heterocycles. The molecule has 0 aliphatic carbocycles. The van der Waals surface area contributed by atoms with Gasteiger partial charge in [0, 0.05) is 29.8 Å². The SMILES string of the molecule is CNC(C)c1ccc(Br)cc1N(C)CCO. The summed E-state index contributed by atoms with van der Waals surface area (Å²) >= 11 is 3.48. The molecule has 1 aromatic rings. The summed E-state index contributed by atoms with van der Waals surface area (Å²) in [6, 6.07) is 6.52. The zero-order valence-electron chi connectivity index (χ0n) is 10.00. The highest BCUT2D eigenvalue weighted by molar-refractivity contribution is 9.10. The molecule has 0 saturated carbocycles. The molecular formula is C12H19BrN2O. The second kappa shape index (κ2) is 6.23. The average Bonchev–Trinajstić information content (AvgIpc) is 2.28. The molecule has 0 radical (unpaired) electrons. The van der Waals surface area contributed by atoms with Crippen LogP contribution in [0.5, 0.6) is 0 Å². The Balaban J connectivity index is 3.07. The van der Waals surface area contributed by atoms with Crippen molar-refractivity contribution in [2.24, 2.45) is 0 Å². The van der Waals surface area contributed by atoms with Gasteiger partial charge in [0.2, 0.25) is 0 Å². The van der Waals surface area contributed by atoms with Crippen LogP contribution in [0.3, 0.4) is 0 Å². The topological polar surface area (TPSA) is 35.5 Å². The van der Waals surface area contributed by atoms with Crippen LogP contribution in [0.2, 0.25) is 0 Å². The van der Waals surface area contributed by atoms with Crippen molar-refractivity contribution in [1.29, 1.82) is 0 Å². The van der Waals surface area contributed by atoms with E-state index in [1.54, 1.807) is 0 Å². The minimum atomic E-state index is 0.163. The van der Waals surface area contributed by atoms with Crippen molar-refractivity contribution in [2.45, 2.75) is 13.0 Å². The van der Waals surface area contributed by atoms with Gasteiger partial charge in [-0.25, -0.2) is 0 Å². The second-order valence-electron chi connectivity index (χ2n) is 3.86. The molecule has 0 bridgehead atoms. The Hall–Kier alpha value is -0.580. The average molecular weight is 287 g/mol. The molecule has 1 unspecified atom stereocenters. The van der Waals surface area contributed by atoms with Crippen LogP contribution in [0.25, 0.3) is 0 Å². The van der Waals surface area contributed by atoms with E-state index in [0.717, 1.165) is 10.2 Å². The lowest BCUT2D eigenvalue weighted by molar-refractivity contribution is 0.304. The third-order valence-corrected chi connectivity index (χ3v) is 3.23. The Bertz CT molecular complexity index is 344. The summed E-state index contributed by atoms with van der Waals surface area (Å²) in [7, 11) is 3.94. The number of rotatable bonds is 5. The number of nitrogens with one attached hydrogen (secondary N) is 1. The molecule has 16 heavy (non-hydrogen) atoms. The van der Waals surface area contributed by atoms with Crippen LogP contribution in [-0.4, -0.2) is 32.4 Å². The van der Waals surface area contributed by atoms with Crippen molar-refractivity contribution in [3.8, 4) is 0 Å². The van der Waals surface area contributed by atoms with E-state index in [9.17, 15) is 0 Å². The van der Waals surface area contributed by atoms with Crippen LogP contribution in [0.4, 0.5) is 5.69 Å². The van der Waals surface area contributed by atoms with E-state index in [4.69, 9.17) is 5.11 Å². The molecule has 3 nitrogen and oxygen atoms in total. The Morgan fingerprint density at radius 3 is 2.75 bits per heavy atom. The maximum Gasteiger partial charge on any atom is 0.0606 e. The molecule has 0 aliphatic rings. The van der Waals surface area contributed by atoms with E-state index in [0.29, 0.717) is 12.6 Å². The molecule has 0 aliphatic heterocycles. The zero-order valence-corrected chi connectivity index (χ0v) is 11.6. The van der Waals surface area contributed by atoms with Crippen LogP contribution < -0.4 is 10.2 Å². The summed E-state index contributed by atoms with van der Waals surface area (Å²) in [5.41, 5.74) is 2.38. The second-order valence-corrected chi connectivity index (χ2v) is 4.77. The molecule has 1 atom stereocenters. The van der Waals surface area contributed by atoms with Crippen molar-refractivity contribution in [3.63, 3.8) is 0 Å². The Morgan fingerprint density at radius 2 is 2.19 bits per heavy atom. The number of hydrogen-bond acceptors (Lipinski definition) is 3. The summed E-state index contributed by atoms with van der Waals surface area (Å²) in [4.78, 5) is 2.06. The van der Waals surface area contributed by atoms with Crippen molar-refractivity contribution in [1.82, 2.24) is 5.32 Å². The highest BCUT2D eigenvalue weighted by Crippen LogP contribution is 2.28. The molecule has 1 rings (SSSR count). The summed E-state index contributed by atoms with van der Waals surface area (Å²) in [6.45, 7) is 2.93. The number of nitrogens with zero attached hydrogens (tertiary/aromatic N) is 1. The van der Waals surface area contributed by atoms with Crippen LogP contribution >= 0.6 is 15.9 Å². The minimum absolute atomic E-state index is 0.163. The third kappa shape index (κ3) is 3.20. The molecule has 0 fully saturated rings. The van der Waals surface area contributed by atoms with Crippen molar-refractivity contribution >= 4 is 21.6 Å². The predicted molar refractivity (Wildman–Crippen MR) is 72.0 cm³/mol. The fourth-order valence-electron chi connectivity index (χ4n) is 1.64. The van der Waals surface area contributed by atoms with E-state index in [-0.39, 0.29) is 6.61 Å². The number of benzene rings is 1. The molecule has 0 saturated heterocycles. The fourth-order valence-corrected chi connectivity index (χ4v) is 1.99. The molecule has 0 aromatic heterocycles. The van der Waals surface area contributed by atoms with Crippen molar-refractivity contribution in [2.75, 3.05) is 32.1 Å². The summed E-state index contributed by atoms with van der Waals surface area (Å²) in [5.74, 6) is 0. The summed E-state index contributed by atoms with van der Waals surface area (Å²) in [6.07, 6.45) is 0. The Kier molecular flexibility index (Phi) is 5.25. The third-order valence-electron chi connectivity index (χ3n) is 2.74. The van der Waals surface area contributed by atoms with Gasteiger partial charge in [0.1, 0.15) is 0 Å². The van der Waals surface area contributed by atoms with Gasteiger partial charge < -0.3 is 15.3 Å². The quantitative estimate of drug-likeness (QED) is 0.871. The van der Waals surface area contributed by atoms with Crippen LogP contribution in [-0.2, 0) is 0 Å². The number of likely N-dealkylation sites (N-methyl/N-ethyl adjacent to an activating group) is 1. The van der Waals surface area contributed by atoms with Crippen molar-refractivity contribution in [3.05, 3.63) is 28.2 Å². The molecule has 0 amide bonds. The van der Waals surface area contributed by atoms with Gasteiger partial charge in [-0.05, 0) is 31.7 Å². The van der Waals surface area contributed by atoms with Gasteiger partial charge in [0.25, 0.3) is 0 Å². The largest absolute Gasteiger partial charge is 0.395 e. The molecule has 2 N–H and O–H groups in total. The van der Waals surface area contributed by atoms with Crippen LogP contribution in [0.15, 0.2) is 22.7 Å². The lowest BCUT2D eigenvalue weighted by Gasteiger charge is -2.24. The van der Waals surface area contributed by atoms with Gasteiger partial charge in [-0.3, -0.25) is 0 Å². The number of aliphatic hydroxyl groups excluding tert-OH is 1. The highest BCUT2D eigenvalue weighted by atomic mass is 79.9. The minimum Gasteiger partial charge on any atom is -0.395 e. The molecule has 0 spiro atoms. The molecular weight excluding hydrogens is 268 g/mol. The van der Waals surface area contributed by atoms with E-state index in [2.05, 4.69) is 45.2 Å². The van der Waals surface area contributed by atoms with E-state index in [1.165, 1.54) is 5.56 Å². The lowest BCUT2D eigenvalue weighted by Crippen LogP contribution is -2.24. The first-order valence-electron chi connectivity index (χ1n) is 5.38. The Morgan fingerprint density at radius 1 is 1.50 bits per heavy atom. The zero-order chi connectivity index (χ0) is 12.1. The maximum absolute atomic E-state index is 8.98. The number of halogens is 1. The van der Waals surface area contributed by atoms with E-state index in [1.807, 2.05) is 20.2 Å². The first-order chi connectivity index (χ1) is 7.60. The number of hydrogen-bond donors (Lipinski definition) is 2. The van der Waals surface area contributed by atoms with Gasteiger partial charge >= 0.3 is 0 Å². The molecule has 90 valence electrons. The monoisotopic (exact) mass is 286 g/mol. The van der Waals surface area contributed by atoms with E-state index >= 15 is 0 Å². The maximum atomic E-state index is 8.98. The Labute approximate surface area is 106 Å². The van der Waals surface area contributed by atoms with Crippen molar-refractivity contribution < 1.29 is 5.11 Å². The summed E-state index contributed by atoms with van der Waals surface area (Å²) in [5, 5.41) is 12.2. The van der Waals surface area contributed by atoms with Gasteiger partial charge in [0.15, 0.2) is 0 Å². The number of anilines is 1. The lowest BCUT2D eigenvalue weighted by atomic mass is 10.1. The van der Waals surface area contributed by atoms with E-state index < -0.39 is 0 Å². The van der Waals surface area contributed by atoms with Gasteiger partial charge in [-0.2, -0.15) is 0 Å². The van der Waals surface area contributed by atoms with Gasteiger partial charge in [-0.15, -0.1) is 0 Å². The smallest absolute Gasteiger partial charge is 0.0606 e. The van der Waals surface area contributed by atoms with Crippen LogP contribution in [0.1, 0.15) is 18.5 Å².